The maximum atomic E-state index is 6.22. The summed E-state index contributed by atoms with van der Waals surface area (Å²) in [5.74, 6) is 1.90. The Labute approximate surface area is 131 Å². The molecule has 114 valence electrons. The number of hydrogen-bond acceptors (Lipinski definition) is 4. The van der Waals surface area contributed by atoms with Crippen LogP contribution in [-0.2, 0) is 0 Å². The van der Waals surface area contributed by atoms with E-state index in [4.69, 9.17) is 23.2 Å². The van der Waals surface area contributed by atoms with E-state index in [1.165, 1.54) is 0 Å². The molecule has 0 radical (unpaired) electrons. The molecule has 20 heavy (non-hydrogen) atoms. The Morgan fingerprint density at radius 1 is 1.20 bits per heavy atom. The first-order valence-electron chi connectivity index (χ1n) is 6.78. The van der Waals surface area contributed by atoms with E-state index in [1.807, 2.05) is 0 Å². The Hall–Kier alpha value is -0.710. The van der Waals surface area contributed by atoms with Crippen molar-refractivity contribution in [1.29, 1.82) is 0 Å². The highest BCUT2D eigenvalue weighted by atomic mass is 35.5. The molecule has 0 aliphatic rings. The lowest BCUT2D eigenvalue weighted by atomic mass is 10.0. The van der Waals surface area contributed by atoms with Crippen molar-refractivity contribution in [3.63, 3.8) is 0 Å². The normalized spacial score (nSPS) is 12.8. The zero-order valence-electron chi connectivity index (χ0n) is 12.8. The van der Waals surface area contributed by atoms with Crippen LogP contribution in [0.2, 0.25) is 10.0 Å². The van der Waals surface area contributed by atoms with Gasteiger partial charge >= 0.3 is 0 Å². The Bertz CT molecular complexity index is 425. The summed E-state index contributed by atoms with van der Waals surface area (Å²) in [5, 5.41) is 7.46. The number of nitrogens with one attached hydrogen (secondary N) is 2. The molecule has 2 N–H and O–H groups in total. The van der Waals surface area contributed by atoms with Gasteiger partial charge in [0.05, 0.1) is 10.0 Å². The van der Waals surface area contributed by atoms with Gasteiger partial charge in [-0.05, 0) is 32.5 Å². The molecule has 0 saturated carbocycles. The Morgan fingerprint density at radius 2 is 1.80 bits per heavy atom. The van der Waals surface area contributed by atoms with E-state index in [2.05, 4.69) is 48.5 Å². The first kappa shape index (κ1) is 17.3. The van der Waals surface area contributed by atoms with Gasteiger partial charge in [0.2, 0.25) is 0 Å². The van der Waals surface area contributed by atoms with Crippen LogP contribution < -0.4 is 10.6 Å². The van der Waals surface area contributed by atoms with Crippen LogP contribution >= 0.6 is 23.2 Å². The van der Waals surface area contributed by atoms with E-state index < -0.39 is 0 Å². The molecule has 1 aromatic rings. The molecule has 0 amide bonds. The summed E-state index contributed by atoms with van der Waals surface area (Å²) in [6.07, 6.45) is 1.05. The molecule has 4 nitrogen and oxygen atoms in total. The lowest BCUT2D eigenvalue weighted by molar-refractivity contribution is 0.356. The van der Waals surface area contributed by atoms with Gasteiger partial charge in [0, 0.05) is 19.6 Å². The number of likely N-dealkylation sites (N-methyl/N-ethyl adjacent to an activating group) is 1. The largest absolute Gasteiger partial charge is 0.372 e. The molecule has 1 rings (SSSR count). The summed E-state index contributed by atoms with van der Waals surface area (Å²) in [6, 6.07) is 2.01. The molecule has 0 fully saturated rings. The standard InChI is InChI=1S/C14H24Cl2N4/c1-9(2)6-10(8-20(4)5)18-14-12(16)7-11(15)13(17-3)19-14/h7,9-10H,6,8H2,1-5H3,(H2,17,18,19). The first-order chi connectivity index (χ1) is 9.33. The van der Waals surface area contributed by atoms with Gasteiger partial charge in [-0.25, -0.2) is 4.98 Å². The smallest absolute Gasteiger partial charge is 0.147 e. The molecule has 0 aromatic carbocycles. The monoisotopic (exact) mass is 318 g/mol. The van der Waals surface area contributed by atoms with Crippen molar-refractivity contribution in [2.45, 2.75) is 26.3 Å². The average Bonchev–Trinajstić information content (AvgIpc) is 2.30. The molecule has 1 aromatic heterocycles. The maximum absolute atomic E-state index is 6.22. The highest BCUT2D eigenvalue weighted by Gasteiger charge is 2.16. The summed E-state index contributed by atoms with van der Waals surface area (Å²) in [4.78, 5) is 6.60. The third kappa shape index (κ3) is 5.35. The number of halogens is 2. The molecule has 0 saturated heterocycles. The zero-order chi connectivity index (χ0) is 15.3. The van der Waals surface area contributed by atoms with Crippen LogP contribution in [0.1, 0.15) is 20.3 Å². The predicted molar refractivity (Wildman–Crippen MR) is 89.2 cm³/mol. The zero-order valence-corrected chi connectivity index (χ0v) is 14.3. The summed E-state index contributed by atoms with van der Waals surface area (Å²) < 4.78 is 0. The SMILES string of the molecule is CNc1nc(NC(CC(C)C)CN(C)C)c(Cl)cc1Cl. The maximum Gasteiger partial charge on any atom is 0.147 e. The molecule has 0 spiro atoms. The van der Waals surface area contributed by atoms with Gasteiger partial charge in [0.1, 0.15) is 11.6 Å². The number of nitrogens with zero attached hydrogens (tertiary/aromatic N) is 2. The quantitative estimate of drug-likeness (QED) is 0.801. The topological polar surface area (TPSA) is 40.2 Å². The van der Waals surface area contributed by atoms with Crippen LogP contribution in [-0.4, -0.2) is 43.6 Å². The highest BCUT2D eigenvalue weighted by Crippen LogP contribution is 2.29. The van der Waals surface area contributed by atoms with Gasteiger partial charge in [-0.1, -0.05) is 37.0 Å². The minimum atomic E-state index is 0.292. The Balaban J connectivity index is 2.91. The second-order valence-electron chi connectivity index (χ2n) is 5.63. The van der Waals surface area contributed by atoms with Gasteiger partial charge < -0.3 is 15.5 Å². The molecule has 1 atom stereocenters. The van der Waals surface area contributed by atoms with Crippen molar-refractivity contribution in [3.05, 3.63) is 16.1 Å². The third-order valence-electron chi connectivity index (χ3n) is 2.85. The fourth-order valence-electron chi connectivity index (χ4n) is 2.13. The van der Waals surface area contributed by atoms with E-state index in [0.717, 1.165) is 13.0 Å². The lowest BCUT2D eigenvalue weighted by Gasteiger charge is -2.25. The molecule has 0 bridgehead atoms. The van der Waals surface area contributed by atoms with Crippen molar-refractivity contribution >= 4 is 34.8 Å². The summed E-state index contributed by atoms with van der Waals surface area (Å²) in [5.41, 5.74) is 0. The van der Waals surface area contributed by atoms with Crippen molar-refractivity contribution in [3.8, 4) is 0 Å². The molecular weight excluding hydrogens is 295 g/mol. The van der Waals surface area contributed by atoms with E-state index in [-0.39, 0.29) is 0 Å². The first-order valence-corrected chi connectivity index (χ1v) is 7.54. The molecular formula is C14H24Cl2N4. The number of hydrogen-bond donors (Lipinski definition) is 2. The molecule has 0 aliphatic carbocycles. The number of pyridine rings is 1. The summed E-state index contributed by atoms with van der Waals surface area (Å²) in [7, 11) is 5.91. The average molecular weight is 319 g/mol. The van der Waals surface area contributed by atoms with Crippen molar-refractivity contribution in [2.75, 3.05) is 38.3 Å². The number of aromatic nitrogens is 1. The van der Waals surface area contributed by atoms with Gasteiger partial charge in [0.25, 0.3) is 0 Å². The molecule has 1 heterocycles. The van der Waals surface area contributed by atoms with Crippen molar-refractivity contribution in [1.82, 2.24) is 9.88 Å². The minimum absolute atomic E-state index is 0.292. The van der Waals surface area contributed by atoms with Gasteiger partial charge in [-0.15, -0.1) is 0 Å². The molecule has 6 heteroatoms. The second kappa shape index (κ2) is 7.91. The third-order valence-corrected chi connectivity index (χ3v) is 3.42. The van der Waals surface area contributed by atoms with Crippen molar-refractivity contribution in [2.24, 2.45) is 5.92 Å². The summed E-state index contributed by atoms with van der Waals surface area (Å²) in [6.45, 7) is 5.34. The van der Waals surface area contributed by atoms with Crippen LogP contribution in [0.15, 0.2) is 6.07 Å². The lowest BCUT2D eigenvalue weighted by Crippen LogP contribution is -2.34. The van der Waals surface area contributed by atoms with Crippen LogP contribution in [0.5, 0.6) is 0 Å². The van der Waals surface area contributed by atoms with Gasteiger partial charge in [0.15, 0.2) is 0 Å². The number of rotatable bonds is 7. The highest BCUT2D eigenvalue weighted by molar-refractivity contribution is 6.37. The Kier molecular flexibility index (Phi) is 6.86. The van der Waals surface area contributed by atoms with E-state index in [0.29, 0.717) is 33.6 Å². The van der Waals surface area contributed by atoms with Crippen LogP contribution in [0.4, 0.5) is 11.6 Å². The van der Waals surface area contributed by atoms with E-state index in [1.54, 1.807) is 13.1 Å². The minimum Gasteiger partial charge on any atom is -0.372 e. The fourth-order valence-corrected chi connectivity index (χ4v) is 2.63. The number of anilines is 2. The summed E-state index contributed by atoms with van der Waals surface area (Å²) >= 11 is 12.3. The van der Waals surface area contributed by atoms with Crippen LogP contribution in [0.3, 0.4) is 0 Å². The van der Waals surface area contributed by atoms with Gasteiger partial charge in [-0.3, -0.25) is 0 Å². The van der Waals surface area contributed by atoms with Crippen molar-refractivity contribution < 1.29 is 0 Å². The second-order valence-corrected chi connectivity index (χ2v) is 6.45. The molecule has 0 aliphatic heterocycles. The van der Waals surface area contributed by atoms with E-state index in [9.17, 15) is 0 Å². The van der Waals surface area contributed by atoms with E-state index >= 15 is 0 Å². The Morgan fingerprint density at radius 3 is 2.30 bits per heavy atom. The fraction of sp³-hybridized carbons (Fsp3) is 0.643. The van der Waals surface area contributed by atoms with Crippen LogP contribution in [0, 0.1) is 5.92 Å². The molecule has 1 unspecified atom stereocenters. The van der Waals surface area contributed by atoms with Gasteiger partial charge in [-0.2, -0.15) is 0 Å². The predicted octanol–water partition coefficient (Wildman–Crippen LogP) is 3.82. The van der Waals surface area contributed by atoms with Crippen LogP contribution in [0.25, 0.3) is 0 Å².